The molecule has 0 aromatic carbocycles. The molecule has 0 aliphatic carbocycles. The highest BCUT2D eigenvalue weighted by atomic mass is 32.2. The van der Waals surface area contributed by atoms with Gasteiger partial charge in [-0.15, -0.1) is 0 Å². The van der Waals surface area contributed by atoms with E-state index in [2.05, 4.69) is 13.8 Å². The second-order valence-electron chi connectivity index (χ2n) is 5.53. The van der Waals surface area contributed by atoms with Gasteiger partial charge in [0, 0.05) is 6.42 Å². The van der Waals surface area contributed by atoms with Crippen LogP contribution in [0.2, 0.25) is 0 Å². The summed E-state index contributed by atoms with van der Waals surface area (Å²) in [5, 5.41) is 0. The SMILES string of the molecule is CC(C)CCCCCCCCC(=O)NS(=O)(=O)C(F)(F)F. The number of halogens is 3. The molecule has 8 heteroatoms. The summed E-state index contributed by atoms with van der Waals surface area (Å²) in [7, 11) is -5.56. The van der Waals surface area contributed by atoms with Crippen LogP contribution in [0.3, 0.4) is 0 Å². The van der Waals surface area contributed by atoms with Crippen LogP contribution in [0.4, 0.5) is 13.2 Å². The van der Waals surface area contributed by atoms with Crippen molar-refractivity contribution in [2.24, 2.45) is 5.92 Å². The van der Waals surface area contributed by atoms with Gasteiger partial charge in [-0.1, -0.05) is 52.4 Å². The van der Waals surface area contributed by atoms with Crippen LogP contribution in [0.15, 0.2) is 0 Å². The third-order valence-electron chi connectivity index (χ3n) is 2.99. The summed E-state index contributed by atoms with van der Waals surface area (Å²) in [5.74, 6) is -0.420. The first-order valence-electron chi connectivity index (χ1n) is 7.18. The molecule has 0 spiro atoms. The third-order valence-corrected chi connectivity index (χ3v) is 4.09. The third kappa shape index (κ3) is 9.71. The number of carbonyl (C=O) groups excluding carboxylic acids is 1. The maximum atomic E-state index is 12.0. The van der Waals surface area contributed by atoms with Crippen molar-refractivity contribution in [1.82, 2.24) is 4.72 Å². The first-order chi connectivity index (χ1) is 9.56. The summed E-state index contributed by atoms with van der Waals surface area (Å²) < 4.78 is 58.4. The molecule has 1 N–H and O–H groups in total. The van der Waals surface area contributed by atoms with Gasteiger partial charge in [-0.25, -0.2) is 4.72 Å². The summed E-state index contributed by atoms with van der Waals surface area (Å²) in [4.78, 5) is 11.1. The summed E-state index contributed by atoms with van der Waals surface area (Å²) in [6, 6.07) is 0. The van der Waals surface area contributed by atoms with E-state index in [4.69, 9.17) is 0 Å². The summed E-state index contributed by atoms with van der Waals surface area (Å²) in [6.45, 7) is 4.32. The van der Waals surface area contributed by atoms with Gasteiger partial charge in [0.25, 0.3) is 0 Å². The number of sulfonamides is 1. The van der Waals surface area contributed by atoms with Gasteiger partial charge in [0.1, 0.15) is 0 Å². The van der Waals surface area contributed by atoms with Crippen molar-refractivity contribution < 1.29 is 26.4 Å². The molecule has 0 saturated carbocycles. The van der Waals surface area contributed by atoms with E-state index in [-0.39, 0.29) is 6.42 Å². The molecule has 0 heterocycles. The van der Waals surface area contributed by atoms with Crippen LogP contribution >= 0.6 is 0 Å². The van der Waals surface area contributed by atoms with Crippen LogP contribution in [0.1, 0.15) is 65.2 Å². The average molecular weight is 331 g/mol. The van der Waals surface area contributed by atoms with Gasteiger partial charge in [0.15, 0.2) is 0 Å². The minimum atomic E-state index is -5.56. The predicted octanol–water partition coefficient (Wildman–Crippen LogP) is 3.73. The molecular formula is C13H24F3NO3S. The van der Waals surface area contributed by atoms with Crippen LogP contribution in [0.25, 0.3) is 0 Å². The average Bonchev–Trinajstić information content (AvgIpc) is 2.30. The van der Waals surface area contributed by atoms with E-state index in [0.29, 0.717) is 18.8 Å². The van der Waals surface area contributed by atoms with E-state index >= 15 is 0 Å². The molecule has 0 radical (unpaired) electrons. The predicted molar refractivity (Wildman–Crippen MR) is 74.9 cm³/mol. The summed E-state index contributed by atoms with van der Waals surface area (Å²) >= 11 is 0. The van der Waals surface area contributed by atoms with Crippen LogP contribution < -0.4 is 4.72 Å². The Kier molecular flexibility index (Phi) is 8.92. The highest BCUT2D eigenvalue weighted by molar-refractivity contribution is 7.90. The van der Waals surface area contributed by atoms with Crippen molar-refractivity contribution in [2.45, 2.75) is 70.7 Å². The maximum absolute atomic E-state index is 12.0. The second-order valence-corrected chi connectivity index (χ2v) is 7.20. The zero-order valence-corrected chi connectivity index (χ0v) is 13.3. The number of rotatable bonds is 10. The van der Waals surface area contributed by atoms with E-state index in [1.807, 2.05) is 0 Å². The molecule has 4 nitrogen and oxygen atoms in total. The molecule has 0 atom stereocenters. The van der Waals surface area contributed by atoms with Crippen molar-refractivity contribution in [3.63, 3.8) is 0 Å². The molecule has 0 fully saturated rings. The lowest BCUT2D eigenvalue weighted by atomic mass is 10.0. The molecule has 0 bridgehead atoms. The number of carbonyl (C=O) groups is 1. The maximum Gasteiger partial charge on any atom is 0.516 e. The zero-order chi connectivity index (χ0) is 16.5. The number of hydrogen-bond donors (Lipinski definition) is 1. The molecule has 0 aliphatic rings. The Morgan fingerprint density at radius 3 is 1.95 bits per heavy atom. The lowest BCUT2D eigenvalue weighted by Gasteiger charge is -2.09. The van der Waals surface area contributed by atoms with Gasteiger partial charge >= 0.3 is 15.5 Å². The van der Waals surface area contributed by atoms with Crippen molar-refractivity contribution in [3.8, 4) is 0 Å². The van der Waals surface area contributed by atoms with E-state index in [0.717, 1.165) is 30.4 Å². The Bertz CT molecular complexity index is 405. The molecule has 126 valence electrons. The minimum Gasteiger partial charge on any atom is -0.274 e. The molecule has 0 saturated heterocycles. The van der Waals surface area contributed by atoms with Crippen molar-refractivity contribution >= 4 is 15.9 Å². The Morgan fingerprint density at radius 1 is 1.00 bits per heavy atom. The first-order valence-corrected chi connectivity index (χ1v) is 8.66. The molecule has 0 rings (SSSR count). The minimum absolute atomic E-state index is 0.207. The van der Waals surface area contributed by atoms with Crippen molar-refractivity contribution in [3.05, 3.63) is 0 Å². The number of nitrogens with one attached hydrogen (secondary N) is 1. The van der Waals surface area contributed by atoms with E-state index in [9.17, 15) is 26.4 Å². The van der Waals surface area contributed by atoms with Gasteiger partial charge in [0.05, 0.1) is 0 Å². The highest BCUT2D eigenvalue weighted by Gasteiger charge is 2.46. The number of hydrogen-bond acceptors (Lipinski definition) is 3. The fourth-order valence-electron chi connectivity index (χ4n) is 1.80. The fourth-order valence-corrected chi connectivity index (χ4v) is 2.32. The lowest BCUT2D eigenvalue weighted by Crippen LogP contribution is -2.40. The Hall–Kier alpha value is -0.790. The quantitative estimate of drug-likeness (QED) is 0.620. The van der Waals surface area contributed by atoms with Gasteiger partial charge in [-0.05, 0) is 12.3 Å². The van der Waals surface area contributed by atoms with Crippen LogP contribution in [0, 0.1) is 5.92 Å². The standard InChI is InChI=1S/C13H24F3NO3S/c1-11(2)9-7-5-3-4-6-8-10-12(18)17-21(19,20)13(14,15)16/h11H,3-10H2,1-2H3,(H,17,18). The number of alkyl halides is 3. The summed E-state index contributed by atoms with van der Waals surface area (Å²) in [6.07, 6.45) is 6.25. The number of unbranched alkanes of at least 4 members (excludes halogenated alkanes) is 5. The zero-order valence-electron chi connectivity index (χ0n) is 12.5. The van der Waals surface area contributed by atoms with E-state index < -0.39 is 21.4 Å². The van der Waals surface area contributed by atoms with Gasteiger partial charge in [0.2, 0.25) is 5.91 Å². The van der Waals surface area contributed by atoms with Gasteiger partial charge in [-0.3, -0.25) is 4.79 Å². The molecule has 0 unspecified atom stereocenters. The monoisotopic (exact) mass is 331 g/mol. The van der Waals surface area contributed by atoms with E-state index in [1.54, 1.807) is 0 Å². The Morgan fingerprint density at radius 2 is 1.48 bits per heavy atom. The largest absolute Gasteiger partial charge is 0.516 e. The van der Waals surface area contributed by atoms with E-state index in [1.165, 1.54) is 6.42 Å². The second kappa shape index (κ2) is 9.27. The Balaban J connectivity index is 3.68. The molecule has 1 amide bonds. The molecule has 21 heavy (non-hydrogen) atoms. The van der Waals surface area contributed by atoms with Crippen LogP contribution in [-0.4, -0.2) is 19.8 Å². The molecular weight excluding hydrogens is 307 g/mol. The van der Waals surface area contributed by atoms with Crippen LogP contribution in [0.5, 0.6) is 0 Å². The topological polar surface area (TPSA) is 63.2 Å². The van der Waals surface area contributed by atoms with Crippen molar-refractivity contribution in [1.29, 1.82) is 0 Å². The van der Waals surface area contributed by atoms with Crippen molar-refractivity contribution in [2.75, 3.05) is 0 Å². The highest BCUT2D eigenvalue weighted by Crippen LogP contribution is 2.21. The van der Waals surface area contributed by atoms with Crippen LogP contribution in [-0.2, 0) is 14.8 Å². The Labute approximate surface area is 124 Å². The van der Waals surface area contributed by atoms with Gasteiger partial charge < -0.3 is 0 Å². The normalized spacial score (nSPS) is 12.7. The lowest BCUT2D eigenvalue weighted by molar-refractivity contribution is -0.120. The fraction of sp³-hybridized carbons (Fsp3) is 0.923. The van der Waals surface area contributed by atoms with Gasteiger partial charge in [-0.2, -0.15) is 21.6 Å². The number of amides is 1. The molecule has 0 aliphatic heterocycles. The smallest absolute Gasteiger partial charge is 0.274 e. The summed E-state index contributed by atoms with van der Waals surface area (Å²) in [5.41, 5.74) is -5.45. The first kappa shape index (κ1) is 20.2. The molecule has 0 aromatic rings. The molecule has 0 aromatic heterocycles.